The van der Waals surface area contributed by atoms with Crippen molar-refractivity contribution in [3.05, 3.63) is 48.0 Å². The van der Waals surface area contributed by atoms with Gasteiger partial charge in [0.05, 0.1) is 30.4 Å². The number of likely N-dealkylation sites (tertiary alicyclic amines) is 1. The van der Waals surface area contributed by atoms with E-state index < -0.39 is 55.1 Å². The highest BCUT2D eigenvalue weighted by molar-refractivity contribution is 5.83. The third-order valence-corrected chi connectivity index (χ3v) is 5.13. The van der Waals surface area contributed by atoms with Crippen molar-refractivity contribution < 1.29 is 36.2 Å². The molecule has 0 unspecified atom stereocenters. The summed E-state index contributed by atoms with van der Waals surface area (Å²) < 4.78 is 78.9. The Balaban J connectivity index is 1.57. The quantitative estimate of drug-likeness (QED) is 0.627. The molecule has 12 heteroatoms. The van der Waals surface area contributed by atoms with Gasteiger partial charge in [0.15, 0.2) is 5.60 Å². The highest BCUT2D eigenvalue weighted by atomic mass is 19.4. The SMILES string of the molecule is O=C(Cn1ncc2ncc(-c3ccc(F)c(C(F)F)c3)cc21)N1CC(O)(C(F)(F)F)C1. The molecule has 0 radical (unpaired) electrons. The van der Waals surface area contributed by atoms with Crippen LogP contribution in [-0.2, 0) is 11.3 Å². The number of fused-ring (bicyclic) bond motifs is 1. The topological polar surface area (TPSA) is 71.2 Å². The van der Waals surface area contributed by atoms with E-state index in [1.807, 2.05) is 0 Å². The molecule has 1 aliphatic rings. The van der Waals surface area contributed by atoms with Gasteiger partial charge in [0.25, 0.3) is 6.43 Å². The molecule has 4 rings (SSSR count). The average molecular weight is 444 g/mol. The Kier molecular flexibility index (Phi) is 4.91. The number of benzene rings is 1. The zero-order chi connectivity index (χ0) is 22.6. The molecule has 1 aliphatic heterocycles. The molecule has 6 nitrogen and oxygen atoms in total. The van der Waals surface area contributed by atoms with Gasteiger partial charge in [-0.1, -0.05) is 6.07 Å². The summed E-state index contributed by atoms with van der Waals surface area (Å²) >= 11 is 0. The summed E-state index contributed by atoms with van der Waals surface area (Å²) in [5, 5.41) is 13.5. The Labute approximate surface area is 170 Å². The molecule has 0 aliphatic carbocycles. The molecule has 3 aromatic rings. The molecule has 1 saturated heterocycles. The maximum Gasteiger partial charge on any atom is 0.420 e. The Morgan fingerprint density at radius 1 is 1.16 bits per heavy atom. The summed E-state index contributed by atoms with van der Waals surface area (Å²) in [6.07, 6.45) is -5.14. The van der Waals surface area contributed by atoms with Crippen molar-refractivity contribution in [1.29, 1.82) is 0 Å². The molecule has 0 bridgehead atoms. The number of halogens is 6. The summed E-state index contributed by atoms with van der Waals surface area (Å²) in [5.41, 5.74) is -2.36. The molecule has 1 aromatic carbocycles. The Morgan fingerprint density at radius 3 is 2.52 bits per heavy atom. The van der Waals surface area contributed by atoms with Crippen LogP contribution in [0.15, 0.2) is 36.7 Å². The average Bonchev–Trinajstić information content (AvgIpc) is 3.06. The van der Waals surface area contributed by atoms with Crippen LogP contribution in [0.1, 0.15) is 12.0 Å². The van der Waals surface area contributed by atoms with E-state index in [0.717, 1.165) is 17.0 Å². The standard InChI is InChI=1S/C19H14F6N4O2/c20-13-2-1-10(3-12(13)17(21)22)11-4-15-14(26-5-11)6-27-29(15)7-16(30)28-8-18(31,9-28)19(23,24)25/h1-6,17,31H,7-9H2. The van der Waals surface area contributed by atoms with Crippen molar-refractivity contribution in [3.63, 3.8) is 0 Å². The van der Waals surface area contributed by atoms with Gasteiger partial charge in [-0.3, -0.25) is 14.5 Å². The number of aromatic nitrogens is 3. The Hall–Kier alpha value is -3.15. The van der Waals surface area contributed by atoms with Crippen LogP contribution >= 0.6 is 0 Å². The molecule has 1 fully saturated rings. The minimum atomic E-state index is -4.84. The van der Waals surface area contributed by atoms with Crippen molar-refractivity contribution in [2.75, 3.05) is 13.1 Å². The predicted octanol–water partition coefficient (Wildman–Crippen LogP) is 3.31. The van der Waals surface area contributed by atoms with Gasteiger partial charge in [-0.25, -0.2) is 13.2 Å². The van der Waals surface area contributed by atoms with E-state index in [9.17, 15) is 36.2 Å². The first-order valence-electron chi connectivity index (χ1n) is 8.95. The number of carbonyl (C=O) groups is 1. The molecule has 0 atom stereocenters. The number of hydrogen-bond donors (Lipinski definition) is 1. The van der Waals surface area contributed by atoms with E-state index >= 15 is 0 Å². The maximum absolute atomic E-state index is 13.6. The fraction of sp³-hybridized carbons (Fsp3) is 0.316. The number of carbonyl (C=O) groups excluding carboxylic acids is 1. The normalized spacial score (nSPS) is 16.1. The summed E-state index contributed by atoms with van der Waals surface area (Å²) in [6, 6.07) is 4.71. The van der Waals surface area contributed by atoms with Crippen molar-refractivity contribution in [2.24, 2.45) is 0 Å². The highest BCUT2D eigenvalue weighted by Gasteiger charge is 2.62. The van der Waals surface area contributed by atoms with E-state index in [1.165, 1.54) is 29.2 Å². The van der Waals surface area contributed by atoms with Crippen LogP contribution in [-0.4, -0.2) is 55.5 Å². The molecule has 31 heavy (non-hydrogen) atoms. The molecule has 0 saturated carbocycles. The van der Waals surface area contributed by atoms with Gasteiger partial charge in [-0.15, -0.1) is 0 Å². The van der Waals surface area contributed by atoms with Crippen molar-refractivity contribution in [3.8, 4) is 11.1 Å². The van der Waals surface area contributed by atoms with Gasteiger partial charge in [0.1, 0.15) is 17.9 Å². The first kappa shape index (κ1) is 21.1. The lowest BCUT2D eigenvalue weighted by Crippen LogP contribution is -2.70. The number of nitrogens with zero attached hydrogens (tertiary/aromatic N) is 4. The van der Waals surface area contributed by atoms with Gasteiger partial charge in [-0.05, 0) is 23.8 Å². The summed E-state index contributed by atoms with van der Waals surface area (Å²) in [4.78, 5) is 17.3. The number of rotatable bonds is 4. The van der Waals surface area contributed by atoms with Crippen molar-refractivity contribution in [1.82, 2.24) is 19.7 Å². The molecular formula is C19H14F6N4O2. The van der Waals surface area contributed by atoms with Crippen LogP contribution in [0.4, 0.5) is 26.3 Å². The van der Waals surface area contributed by atoms with Gasteiger partial charge in [-0.2, -0.15) is 18.3 Å². The highest BCUT2D eigenvalue weighted by Crippen LogP contribution is 2.37. The second-order valence-electron chi connectivity index (χ2n) is 7.25. The molecular weight excluding hydrogens is 430 g/mol. The zero-order valence-electron chi connectivity index (χ0n) is 15.6. The van der Waals surface area contributed by atoms with Crippen LogP contribution in [0, 0.1) is 5.82 Å². The van der Waals surface area contributed by atoms with E-state index in [2.05, 4.69) is 10.1 Å². The molecule has 2 aromatic heterocycles. The Morgan fingerprint density at radius 2 is 1.87 bits per heavy atom. The largest absolute Gasteiger partial charge is 0.420 e. The minimum absolute atomic E-state index is 0.267. The van der Waals surface area contributed by atoms with Gasteiger partial charge in [0, 0.05) is 11.8 Å². The molecule has 3 heterocycles. The molecule has 1 amide bonds. The lowest BCUT2D eigenvalue weighted by atomic mass is 9.93. The second-order valence-corrected chi connectivity index (χ2v) is 7.25. The van der Waals surface area contributed by atoms with Crippen LogP contribution in [0.5, 0.6) is 0 Å². The smallest absolute Gasteiger partial charge is 0.378 e. The first-order valence-corrected chi connectivity index (χ1v) is 8.95. The number of amides is 1. The lowest BCUT2D eigenvalue weighted by molar-refractivity contribution is -0.297. The zero-order valence-corrected chi connectivity index (χ0v) is 15.6. The summed E-state index contributed by atoms with van der Waals surface area (Å²) in [7, 11) is 0. The van der Waals surface area contributed by atoms with E-state index in [4.69, 9.17) is 0 Å². The molecule has 164 valence electrons. The third kappa shape index (κ3) is 3.71. The number of β-amino-alcohol motifs (C(OH)–C–C–N with tert-alkyl or cyclic N) is 1. The van der Waals surface area contributed by atoms with E-state index in [1.54, 1.807) is 0 Å². The monoisotopic (exact) mass is 444 g/mol. The summed E-state index contributed by atoms with van der Waals surface area (Å²) in [6.45, 7) is -2.15. The maximum atomic E-state index is 13.6. The van der Waals surface area contributed by atoms with Crippen LogP contribution < -0.4 is 0 Å². The molecule has 1 N–H and O–H groups in total. The third-order valence-electron chi connectivity index (χ3n) is 5.13. The van der Waals surface area contributed by atoms with Crippen LogP contribution in [0.2, 0.25) is 0 Å². The first-order chi connectivity index (χ1) is 14.5. The van der Waals surface area contributed by atoms with Gasteiger partial charge >= 0.3 is 6.18 Å². The minimum Gasteiger partial charge on any atom is -0.378 e. The second kappa shape index (κ2) is 7.22. The Bertz CT molecular complexity index is 1150. The number of hydrogen-bond acceptors (Lipinski definition) is 4. The fourth-order valence-electron chi connectivity index (χ4n) is 3.30. The van der Waals surface area contributed by atoms with E-state index in [0.29, 0.717) is 16.6 Å². The molecule has 0 spiro atoms. The summed E-state index contributed by atoms with van der Waals surface area (Å²) in [5.74, 6) is -1.73. The van der Waals surface area contributed by atoms with Crippen LogP contribution in [0.3, 0.4) is 0 Å². The van der Waals surface area contributed by atoms with Crippen LogP contribution in [0.25, 0.3) is 22.2 Å². The van der Waals surface area contributed by atoms with Crippen molar-refractivity contribution >= 4 is 16.9 Å². The predicted molar refractivity (Wildman–Crippen MR) is 95.5 cm³/mol. The number of alkyl halides is 5. The lowest BCUT2D eigenvalue weighted by Gasteiger charge is -2.46. The fourth-order valence-corrected chi connectivity index (χ4v) is 3.30. The number of pyridine rings is 1. The van der Waals surface area contributed by atoms with Gasteiger partial charge < -0.3 is 10.0 Å². The van der Waals surface area contributed by atoms with E-state index in [-0.39, 0.29) is 5.56 Å². The number of aliphatic hydroxyl groups is 1. The van der Waals surface area contributed by atoms with Crippen molar-refractivity contribution in [2.45, 2.75) is 24.7 Å². The van der Waals surface area contributed by atoms with Gasteiger partial charge in [0.2, 0.25) is 5.91 Å².